The first-order valence-corrected chi connectivity index (χ1v) is 9.88. The highest BCUT2D eigenvalue weighted by molar-refractivity contribution is 6.03. The average molecular weight is 394 g/mol. The van der Waals surface area contributed by atoms with Gasteiger partial charge in [-0.15, -0.1) is 0 Å². The van der Waals surface area contributed by atoms with Crippen LogP contribution in [0.1, 0.15) is 37.4 Å². The zero-order valence-corrected chi connectivity index (χ0v) is 17.0. The van der Waals surface area contributed by atoms with Crippen molar-refractivity contribution in [1.29, 1.82) is 0 Å². The van der Waals surface area contributed by atoms with Crippen LogP contribution in [0.4, 0.5) is 0 Å². The maximum absolute atomic E-state index is 13.0. The summed E-state index contributed by atoms with van der Waals surface area (Å²) in [5.74, 6) is -0.341. The van der Waals surface area contributed by atoms with E-state index in [4.69, 9.17) is 4.74 Å². The zero-order chi connectivity index (χ0) is 21.1. The van der Waals surface area contributed by atoms with Gasteiger partial charge in [0.25, 0.3) is 0 Å². The van der Waals surface area contributed by atoms with Crippen LogP contribution in [0.15, 0.2) is 78.9 Å². The van der Waals surface area contributed by atoms with Crippen molar-refractivity contribution >= 4 is 23.0 Å². The molecule has 0 fully saturated rings. The second-order valence-electron chi connectivity index (χ2n) is 7.40. The topological polar surface area (TPSA) is 43.4 Å². The first kappa shape index (κ1) is 19.6. The van der Waals surface area contributed by atoms with E-state index in [1.54, 1.807) is 0 Å². The van der Waals surface area contributed by atoms with Crippen LogP contribution in [0.5, 0.6) is 0 Å². The van der Waals surface area contributed by atoms with E-state index in [1.807, 2.05) is 92.7 Å². The molecule has 0 bridgehead atoms. The fourth-order valence-corrected chi connectivity index (χ4v) is 3.87. The Kier molecular flexibility index (Phi) is 5.44. The van der Waals surface area contributed by atoms with Crippen LogP contribution in [-0.4, -0.2) is 12.3 Å². The predicted molar refractivity (Wildman–Crippen MR) is 120 cm³/mol. The summed E-state index contributed by atoms with van der Waals surface area (Å²) < 4.78 is 5.60. The number of hydrogen-bond donors (Lipinski definition) is 0. The van der Waals surface area contributed by atoms with Crippen molar-refractivity contribution in [1.82, 2.24) is 0 Å². The minimum absolute atomic E-state index is 0.229. The van der Waals surface area contributed by atoms with Gasteiger partial charge in [0.2, 0.25) is 0 Å². The Balaban J connectivity index is 1.78. The summed E-state index contributed by atoms with van der Waals surface area (Å²) in [7, 11) is 0. The minimum atomic E-state index is -0.341. The number of carbonyl (C=O) groups excluding carboxylic acids is 2. The molecule has 0 heterocycles. The van der Waals surface area contributed by atoms with Gasteiger partial charge in [0.15, 0.2) is 0 Å². The number of aryl methyl sites for hydroxylation is 1. The van der Waals surface area contributed by atoms with Crippen molar-refractivity contribution in [2.75, 3.05) is 0 Å². The Morgan fingerprint density at radius 1 is 0.867 bits per heavy atom. The molecule has 0 aromatic heterocycles. The molecule has 0 unspecified atom stereocenters. The van der Waals surface area contributed by atoms with Gasteiger partial charge in [-0.05, 0) is 64.6 Å². The molecule has 4 rings (SSSR count). The van der Waals surface area contributed by atoms with Crippen LogP contribution in [0.2, 0.25) is 0 Å². The molecule has 4 aromatic rings. The maximum Gasteiger partial charge on any atom is 0.339 e. The van der Waals surface area contributed by atoms with E-state index in [2.05, 4.69) is 0 Å². The molecular weight excluding hydrogens is 372 g/mol. The van der Waals surface area contributed by atoms with Crippen LogP contribution in [0.25, 0.3) is 21.9 Å². The smallest absolute Gasteiger partial charge is 0.339 e. The maximum atomic E-state index is 13.0. The van der Waals surface area contributed by atoms with E-state index < -0.39 is 0 Å². The van der Waals surface area contributed by atoms with Crippen molar-refractivity contribution in [2.24, 2.45) is 0 Å². The molecule has 0 atom stereocenters. The summed E-state index contributed by atoms with van der Waals surface area (Å²) in [5, 5.41) is 2.03. The highest BCUT2D eigenvalue weighted by atomic mass is 16.5. The van der Waals surface area contributed by atoms with Crippen LogP contribution in [0, 0.1) is 13.8 Å². The number of aldehydes is 1. The lowest BCUT2D eigenvalue weighted by Gasteiger charge is -2.16. The molecule has 0 amide bonds. The Labute approximate surface area is 175 Å². The van der Waals surface area contributed by atoms with E-state index in [1.165, 1.54) is 0 Å². The van der Waals surface area contributed by atoms with Gasteiger partial charge in [-0.2, -0.15) is 0 Å². The molecule has 3 heteroatoms. The summed E-state index contributed by atoms with van der Waals surface area (Å²) in [6, 6.07) is 25.3. The second-order valence-corrected chi connectivity index (χ2v) is 7.40. The summed E-state index contributed by atoms with van der Waals surface area (Å²) in [5.41, 5.74) is 5.70. The van der Waals surface area contributed by atoms with E-state index in [0.717, 1.165) is 44.9 Å². The van der Waals surface area contributed by atoms with Gasteiger partial charge in [0, 0.05) is 5.56 Å². The molecular formula is C27H22O3. The summed E-state index contributed by atoms with van der Waals surface area (Å²) in [4.78, 5) is 24.4. The molecule has 0 saturated carbocycles. The van der Waals surface area contributed by atoms with Crippen LogP contribution < -0.4 is 0 Å². The molecule has 0 spiro atoms. The van der Waals surface area contributed by atoms with Gasteiger partial charge in [0.1, 0.15) is 12.9 Å². The first-order chi connectivity index (χ1) is 14.6. The van der Waals surface area contributed by atoms with Gasteiger partial charge >= 0.3 is 5.97 Å². The van der Waals surface area contributed by atoms with Crippen molar-refractivity contribution in [3.63, 3.8) is 0 Å². The average Bonchev–Trinajstić information content (AvgIpc) is 2.78. The highest BCUT2D eigenvalue weighted by Gasteiger charge is 2.19. The number of esters is 1. The van der Waals surface area contributed by atoms with Gasteiger partial charge in [-0.3, -0.25) is 4.79 Å². The first-order valence-electron chi connectivity index (χ1n) is 9.88. The monoisotopic (exact) mass is 394 g/mol. The molecule has 0 saturated heterocycles. The Morgan fingerprint density at radius 3 is 2.37 bits per heavy atom. The van der Waals surface area contributed by atoms with E-state index in [9.17, 15) is 9.59 Å². The lowest BCUT2D eigenvalue weighted by molar-refractivity contribution is 0.0471. The van der Waals surface area contributed by atoms with Gasteiger partial charge in [0.05, 0.1) is 5.56 Å². The van der Waals surface area contributed by atoms with Gasteiger partial charge in [-0.1, -0.05) is 66.7 Å². The number of ether oxygens (including phenoxy) is 1. The highest BCUT2D eigenvalue weighted by Crippen LogP contribution is 2.34. The quantitative estimate of drug-likeness (QED) is 0.295. The summed E-state index contributed by atoms with van der Waals surface area (Å²) in [6.07, 6.45) is 0.856. The summed E-state index contributed by atoms with van der Waals surface area (Å²) >= 11 is 0. The van der Waals surface area contributed by atoms with Crippen molar-refractivity contribution in [3.05, 3.63) is 107 Å². The number of hydrogen-bond acceptors (Lipinski definition) is 3. The van der Waals surface area contributed by atoms with E-state index in [-0.39, 0.29) is 12.6 Å². The Hall–Kier alpha value is -3.72. The number of carbonyl (C=O) groups is 2. The summed E-state index contributed by atoms with van der Waals surface area (Å²) in [6.45, 7) is 4.08. The minimum Gasteiger partial charge on any atom is -0.457 e. The van der Waals surface area contributed by atoms with Crippen molar-refractivity contribution in [2.45, 2.75) is 20.5 Å². The third-order valence-electron chi connectivity index (χ3n) is 5.40. The fourth-order valence-electron chi connectivity index (χ4n) is 3.87. The zero-order valence-electron chi connectivity index (χ0n) is 17.0. The van der Waals surface area contributed by atoms with E-state index >= 15 is 0 Å². The molecule has 0 N–H and O–H groups in total. The third-order valence-corrected chi connectivity index (χ3v) is 5.40. The second kappa shape index (κ2) is 8.34. The molecule has 0 aliphatic rings. The van der Waals surface area contributed by atoms with Crippen LogP contribution in [0.3, 0.4) is 0 Å². The molecule has 3 nitrogen and oxygen atoms in total. The molecule has 30 heavy (non-hydrogen) atoms. The third kappa shape index (κ3) is 3.74. The standard InChI is InChI=1S/C27H22O3/c1-18-12-13-23(25-15-21(16-28)14-22-10-6-7-11-24(22)25)19(2)26(18)27(29)30-17-20-8-4-3-5-9-20/h3-16H,17H2,1-2H3. The van der Waals surface area contributed by atoms with Gasteiger partial charge < -0.3 is 4.74 Å². The SMILES string of the molecule is Cc1ccc(-c2cc(C=O)cc3ccccc23)c(C)c1C(=O)OCc1ccccc1. The van der Waals surface area contributed by atoms with Gasteiger partial charge in [-0.25, -0.2) is 4.79 Å². The Bertz CT molecular complexity index is 1240. The molecule has 0 aliphatic heterocycles. The predicted octanol–water partition coefficient (Wildman–Crippen LogP) is 6.29. The Morgan fingerprint density at radius 2 is 1.60 bits per heavy atom. The van der Waals surface area contributed by atoms with Crippen LogP contribution >= 0.6 is 0 Å². The molecule has 4 aromatic carbocycles. The van der Waals surface area contributed by atoms with E-state index in [0.29, 0.717) is 11.1 Å². The molecule has 0 aliphatic carbocycles. The molecule has 148 valence electrons. The van der Waals surface area contributed by atoms with Crippen molar-refractivity contribution in [3.8, 4) is 11.1 Å². The fraction of sp³-hybridized carbons (Fsp3) is 0.111. The number of fused-ring (bicyclic) bond motifs is 1. The largest absolute Gasteiger partial charge is 0.457 e. The molecule has 0 radical (unpaired) electrons. The number of benzene rings is 4. The lowest BCUT2D eigenvalue weighted by Crippen LogP contribution is -2.10. The van der Waals surface area contributed by atoms with Crippen molar-refractivity contribution < 1.29 is 14.3 Å². The lowest BCUT2D eigenvalue weighted by atomic mass is 9.89. The normalized spacial score (nSPS) is 10.7. The number of rotatable bonds is 5. The van der Waals surface area contributed by atoms with Crippen LogP contribution in [-0.2, 0) is 11.3 Å².